The van der Waals surface area contributed by atoms with Crippen molar-refractivity contribution in [1.29, 1.82) is 0 Å². The number of halogens is 2. The standard InChI is InChI=1S/C15H12BrClO2/c16-12-6-11(7-13(17)8-12)15(18)10-1-2-14-9(5-10)3-4-19-14/h1-2,5-8,15,18H,3-4H2. The quantitative estimate of drug-likeness (QED) is 0.892. The molecule has 2 nitrogen and oxygen atoms in total. The molecule has 0 aliphatic carbocycles. The molecule has 3 rings (SSSR count). The van der Waals surface area contributed by atoms with Crippen molar-refractivity contribution in [3.63, 3.8) is 0 Å². The summed E-state index contributed by atoms with van der Waals surface area (Å²) in [6, 6.07) is 11.3. The molecule has 0 fully saturated rings. The Morgan fingerprint density at radius 2 is 2.00 bits per heavy atom. The molecule has 4 heteroatoms. The Labute approximate surface area is 125 Å². The summed E-state index contributed by atoms with van der Waals surface area (Å²) < 4.78 is 6.33. The van der Waals surface area contributed by atoms with Gasteiger partial charge in [-0.15, -0.1) is 0 Å². The van der Waals surface area contributed by atoms with E-state index in [1.165, 1.54) is 0 Å². The van der Waals surface area contributed by atoms with Gasteiger partial charge in [0.15, 0.2) is 0 Å². The molecule has 2 aromatic carbocycles. The summed E-state index contributed by atoms with van der Waals surface area (Å²) in [5.41, 5.74) is 2.79. The molecular weight excluding hydrogens is 328 g/mol. The van der Waals surface area contributed by atoms with E-state index < -0.39 is 6.10 Å². The topological polar surface area (TPSA) is 29.5 Å². The van der Waals surface area contributed by atoms with Crippen LogP contribution in [0, 0.1) is 0 Å². The van der Waals surface area contributed by atoms with Crippen molar-refractivity contribution < 1.29 is 9.84 Å². The van der Waals surface area contributed by atoms with Crippen LogP contribution in [0.1, 0.15) is 22.8 Å². The van der Waals surface area contributed by atoms with Crippen LogP contribution in [0.3, 0.4) is 0 Å². The van der Waals surface area contributed by atoms with E-state index in [2.05, 4.69) is 15.9 Å². The van der Waals surface area contributed by atoms with Crippen molar-refractivity contribution >= 4 is 27.5 Å². The van der Waals surface area contributed by atoms with Crippen LogP contribution < -0.4 is 4.74 Å². The highest BCUT2D eigenvalue weighted by molar-refractivity contribution is 9.10. The Balaban J connectivity index is 1.97. The largest absolute Gasteiger partial charge is 0.493 e. The molecule has 0 bridgehead atoms. The molecule has 19 heavy (non-hydrogen) atoms. The summed E-state index contributed by atoms with van der Waals surface area (Å²) in [4.78, 5) is 0. The number of rotatable bonds is 2. The molecule has 2 aromatic rings. The number of ether oxygens (including phenoxy) is 1. The molecule has 1 unspecified atom stereocenters. The fraction of sp³-hybridized carbons (Fsp3) is 0.200. The molecule has 1 heterocycles. The highest BCUT2D eigenvalue weighted by Crippen LogP contribution is 2.32. The van der Waals surface area contributed by atoms with Gasteiger partial charge < -0.3 is 9.84 Å². The fourth-order valence-electron chi connectivity index (χ4n) is 2.30. The van der Waals surface area contributed by atoms with Crippen LogP contribution in [0.2, 0.25) is 5.02 Å². The van der Waals surface area contributed by atoms with Gasteiger partial charge in [-0.25, -0.2) is 0 Å². The van der Waals surface area contributed by atoms with E-state index in [0.717, 1.165) is 39.9 Å². The van der Waals surface area contributed by atoms with Crippen LogP contribution in [-0.2, 0) is 6.42 Å². The molecule has 1 aliphatic rings. The minimum absolute atomic E-state index is 0.605. The Hall–Kier alpha value is -1.03. The Bertz CT molecular complexity index is 607. The van der Waals surface area contributed by atoms with Crippen LogP contribution in [-0.4, -0.2) is 11.7 Å². The van der Waals surface area contributed by atoms with Crippen molar-refractivity contribution in [3.05, 3.63) is 62.6 Å². The van der Waals surface area contributed by atoms with Gasteiger partial charge in [-0.1, -0.05) is 33.6 Å². The number of hydrogen-bond acceptors (Lipinski definition) is 2. The maximum Gasteiger partial charge on any atom is 0.122 e. The lowest BCUT2D eigenvalue weighted by Crippen LogP contribution is -2.00. The molecular formula is C15H12BrClO2. The Morgan fingerprint density at radius 1 is 1.16 bits per heavy atom. The lowest BCUT2D eigenvalue weighted by atomic mass is 9.99. The van der Waals surface area contributed by atoms with E-state index in [-0.39, 0.29) is 0 Å². The molecule has 1 aliphatic heterocycles. The van der Waals surface area contributed by atoms with Crippen molar-refractivity contribution in [3.8, 4) is 5.75 Å². The Kier molecular flexibility index (Phi) is 3.52. The number of aliphatic hydroxyl groups is 1. The van der Waals surface area contributed by atoms with Gasteiger partial charge in [0.1, 0.15) is 11.9 Å². The highest BCUT2D eigenvalue weighted by atomic mass is 79.9. The third-order valence-corrected chi connectivity index (χ3v) is 3.91. The third kappa shape index (κ3) is 2.64. The lowest BCUT2D eigenvalue weighted by molar-refractivity contribution is 0.220. The van der Waals surface area contributed by atoms with E-state index in [9.17, 15) is 5.11 Å². The first-order valence-corrected chi connectivity index (χ1v) is 7.20. The second kappa shape index (κ2) is 5.16. The van der Waals surface area contributed by atoms with Crippen LogP contribution in [0.5, 0.6) is 5.75 Å². The smallest absolute Gasteiger partial charge is 0.122 e. The van der Waals surface area contributed by atoms with Crippen molar-refractivity contribution in [2.75, 3.05) is 6.61 Å². The third-order valence-electron chi connectivity index (χ3n) is 3.23. The molecule has 0 amide bonds. The van der Waals surface area contributed by atoms with Crippen molar-refractivity contribution in [2.24, 2.45) is 0 Å². The molecule has 0 saturated heterocycles. The molecule has 1 N–H and O–H groups in total. The zero-order valence-corrected chi connectivity index (χ0v) is 12.4. The average Bonchev–Trinajstić information content (AvgIpc) is 2.83. The lowest BCUT2D eigenvalue weighted by Gasteiger charge is -2.13. The minimum atomic E-state index is -0.680. The number of aliphatic hydroxyl groups excluding tert-OH is 1. The second-order valence-electron chi connectivity index (χ2n) is 4.57. The average molecular weight is 340 g/mol. The van der Waals surface area contributed by atoms with Crippen LogP contribution in [0.25, 0.3) is 0 Å². The predicted octanol–water partition coefficient (Wildman–Crippen LogP) is 4.12. The van der Waals surface area contributed by atoms with Gasteiger partial charge in [0, 0.05) is 15.9 Å². The molecule has 1 atom stereocenters. The summed E-state index contributed by atoms with van der Waals surface area (Å²) in [7, 11) is 0. The highest BCUT2D eigenvalue weighted by Gasteiger charge is 2.17. The zero-order valence-electron chi connectivity index (χ0n) is 10.1. The minimum Gasteiger partial charge on any atom is -0.493 e. The SMILES string of the molecule is OC(c1cc(Cl)cc(Br)c1)c1ccc2c(c1)CCO2. The van der Waals surface area contributed by atoms with Gasteiger partial charge in [-0.05, 0) is 47.0 Å². The monoisotopic (exact) mass is 338 g/mol. The van der Waals surface area contributed by atoms with Gasteiger partial charge in [0.25, 0.3) is 0 Å². The van der Waals surface area contributed by atoms with Crippen molar-refractivity contribution in [1.82, 2.24) is 0 Å². The van der Waals surface area contributed by atoms with E-state index in [1.807, 2.05) is 24.3 Å². The number of benzene rings is 2. The van der Waals surface area contributed by atoms with Gasteiger partial charge >= 0.3 is 0 Å². The summed E-state index contributed by atoms with van der Waals surface area (Å²) in [5, 5.41) is 11.1. The van der Waals surface area contributed by atoms with Crippen LogP contribution >= 0.6 is 27.5 Å². The van der Waals surface area contributed by atoms with E-state index in [1.54, 1.807) is 12.1 Å². The first-order valence-electron chi connectivity index (χ1n) is 6.03. The van der Waals surface area contributed by atoms with E-state index in [0.29, 0.717) is 5.02 Å². The second-order valence-corrected chi connectivity index (χ2v) is 5.92. The van der Waals surface area contributed by atoms with Gasteiger partial charge in [0.05, 0.1) is 6.61 Å². The summed E-state index contributed by atoms with van der Waals surface area (Å²) in [6.07, 6.45) is 0.218. The zero-order chi connectivity index (χ0) is 13.4. The fourth-order valence-corrected chi connectivity index (χ4v) is 3.19. The van der Waals surface area contributed by atoms with E-state index in [4.69, 9.17) is 16.3 Å². The normalized spacial score (nSPS) is 14.9. The predicted molar refractivity (Wildman–Crippen MR) is 78.9 cm³/mol. The number of fused-ring (bicyclic) bond motifs is 1. The summed E-state index contributed by atoms with van der Waals surface area (Å²) in [5.74, 6) is 0.920. The van der Waals surface area contributed by atoms with Gasteiger partial charge in [-0.2, -0.15) is 0 Å². The Morgan fingerprint density at radius 3 is 2.79 bits per heavy atom. The first-order chi connectivity index (χ1) is 9.13. The maximum absolute atomic E-state index is 10.5. The summed E-state index contributed by atoms with van der Waals surface area (Å²) >= 11 is 9.40. The molecule has 0 saturated carbocycles. The van der Waals surface area contributed by atoms with Crippen molar-refractivity contribution in [2.45, 2.75) is 12.5 Å². The number of hydrogen-bond donors (Lipinski definition) is 1. The molecule has 98 valence electrons. The van der Waals surface area contributed by atoms with Gasteiger partial charge in [0.2, 0.25) is 0 Å². The summed E-state index contributed by atoms with van der Waals surface area (Å²) in [6.45, 7) is 0.720. The first kappa shape index (κ1) is 13.0. The molecule has 0 aromatic heterocycles. The molecule has 0 spiro atoms. The molecule has 0 radical (unpaired) electrons. The maximum atomic E-state index is 10.5. The van der Waals surface area contributed by atoms with Crippen LogP contribution in [0.4, 0.5) is 0 Å². The van der Waals surface area contributed by atoms with Crippen LogP contribution in [0.15, 0.2) is 40.9 Å². The van der Waals surface area contributed by atoms with Gasteiger partial charge in [-0.3, -0.25) is 0 Å². The van der Waals surface area contributed by atoms with E-state index >= 15 is 0 Å².